The van der Waals surface area contributed by atoms with Gasteiger partial charge in [0.1, 0.15) is 0 Å². The van der Waals surface area contributed by atoms with Gasteiger partial charge in [-0.3, -0.25) is 0 Å². The van der Waals surface area contributed by atoms with Gasteiger partial charge in [-0.25, -0.2) is 0 Å². The number of benzene rings is 1. The van der Waals surface area contributed by atoms with Gasteiger partial charge in [-0.1, -0.05) is 29.5 Å². The van der Waals surface area contributed by atoms with Gasteiger partial charge < -0.3 is 5.11 Å². The highest BCUT2D eigenvalue weighted by Gasteiger charge is 1.85. The van der Waals surface area contributed by atoms with Crippen LogP contribution in [0.5, 0.6) is 0 Å². The lowest BCUT2D eigenvalue weighted by atomic mass is 10.1. The average molecular weight is 188 g/mol. The van der Waals surface area contributed by atoms with Crippen molar-refractivity contribution >= 4 is 0 Å². The first-order valence-corrected chi connectivity index (χ1v) is 4.99. The summed E-state index contributed by atoms with van der Waals surface area (Å²) in [6, 6.07) is 8.21. The first-order valence-electron chi connectivity index (χ1n) is 4.99. The lowest BCUT2D eigenvalue weighted by Crippen LogP contribution is -1.81. The highest BCUT2D eigenvalue weighted by molar-refractivity contribution is 5.35. The van der Waals surface area contributed by atoms with E-state index in [9.17, 15) is 0 Å². The molecule has 0 atom stereocenters. The zero-order valence-corrected chi connectivity index (χ0v) is 8.59. The quantitative estimate of drug-likeness (QED) is 0.571. The van der Waals surface area contributed by atoms with Gasteiger partial charge in [-0.2, -0.15) is 0 Å². The van der Waals surface area contributed by atoms with Crippen molar-refractivity contribution in [2.24, 2.45) is 0 Å². The normalized spacial score (nSPS) is 9.29. The standard InChI is InChI=1S/C13H16O/c1-12-7-9-13(10-8-12)6-4-2-3-5-11-14/h7-10,14H,2-3,5,11H2,1H3. The number of hydrogen-bond acceptors (Lipinski definition) is 1. The molecule has 0 aromatic heterocycles. The Morgan fingerprint density at radius 1 is 1.14 bits per heavy atom. The van der Waals surface area contributed by atoms with Gasteiger partial charge in [-0.05, 0) is 31.9 Å². The molecule has 0 aliphatic rings. The van der Waals surface area contributed by atoms with Crippen LogP contribution in [0, 0.1) is 18.8 Å². The molecule has 1 aromatic carbocycles. The maximum Gasteiger partial charge on any atom is 0.0431 e. The van der Waals surface area contributed by atoms with E-state index in [1.807, 2.05) is 12.1 Å². The van der Waals surface area contributed by atoms with Gasteiger partial charge in [-0.15, -0.1) is 0 Å². The molecule has 0 spiro atoms. The van der Waals surface area contributed by atoms with Crippen molar-refractivity contribution in [3.63, 3.8) is 0 Å². The second kappa shape index (κ2) is 6.23. The van der Waals surface area contributed by atoms with E-state index in [1.165, 1.54) is 5.56 Å². The van der Waals surface area contributed by atoms with Crippen LogP contribution in [0.25, 0.3) is 0 Å². The van der Waals surface area contributed by atoms with E-state index in [0.29, 0.717) is 0 Å². The Labute approximate surface area is 85.8 Å². The van der Waals surface area contributed by atoms with E-state index in [0.717, 1.165) is 24.8 Å². The molecule has 0 saturated heterocycles. The van der Waals surface area contributed by atoms with E-state index in [4.69, 9.17) is 5.11 Å². The Bertz CT molecular complexity index is 313. The van der Waals surface area contributed by atoms with Crippen molar-refractivity contribution in [3.8, 4) is 11.8 Å². The van der Waals surface area contributed by atoms with Gasteiger partial charge in [0.2, 0.25) is 0 Å². The summed E-state index contributed by atoms with van der Waals surface area (Å²) in [4.78, 5) is 0. The third-order valence-electron chi connectivity index (χ3n) is 1.99. The summed E-state index contributed by atoms with van der Waals surface area (Å²) in [6.07, 6.45) is 2.70. The van der Waals surface area contributed by atoms with Crippen molar-refractivity contribution in [3.05, 3.63) is 35.4 Å². The third-order valence-corrected chi connectivity index (χ3v) is 1.99. The van der Waals surface area contributed by atoms with Crippen molar-refractivity contribution in [1.29, 1.82) is 0 Å². The van der Waals surface area contributed by atoms with Crippen molar-refractivity contribution in [2.45, 2.75) is 26.2 Å². The molecule has 14 heavy (non-hydrogen) atoms. The molecular weight excluding hydrogens is 172 g/mol. The van der Waals surface area contributed by atoms with Crippen LogP contribution in [0.3, 0.4) is 0 Å². The third kappa shape index (κ3) is 4.11. The second-order valence-electron chi connectivity index (χ2n) is 3.35. The molecule has 0 heterocycles. The van der Waals surface area contributed by atoms with Gasteiger partial charge in [0, 0.05) is 18.6 Å². The molecule has 1 N–H and O–H groups in total. The van der Waals surface area contributed by atoms with Gasteiger partial charge >= 0.3 is 0 Å². The zero-order chi connectivity index (χ0) is 10.2. The summed E-state index contributed by atoms with van der Waals surface area (Å²) in [6.45, 7) is 2.34. The minimum atomic E-state index is 0.270. The van der Waals surface area contributed by atoms with Crippen molar-refractivity contribution in [2.75, 3.05) is 6.61 Å². The highest BCUT2D eigenvalue weighted by atomic mass is 16.2. The Hall–Kier alpha value is -1.26. The first-order chi connectivity index (χ1) is 6.83. The fraction of sp³-hybridized carbons (Fsp3) is 0.385. The average Bonchev–Trinajstić information content (AvgIpc) is 2.21. The highest BCUT2D eigenvalue weighted by Crippen LogP contribution is 2.01. The summed E-state index contributed by atoms with van der Waals surface area (Å²) in [7, 11) is 0. The Morgan fingerprint density at radius 3 is 2.50 bits per heavy atom. The van der Waals surface area contributed by atoms with Gasteiger partial charge in [0.05, 0.1) is 0 Å². The Balaban J connectivity index is 2.39. The summed E-state index contributed by atoms with van der Waals surface area (Å²) in [5.41, 5.74) is 2.33. The maximum absolute atomic E-state index is 8.56. The summed E-state index contributed by atoms with van der Waals surface area (Å²) >= 11 is 0. The van der Waals surface area contributed by atoms with Crippen LogP contribution < -0.4 is 0 Å². The van der Waals surface area contributed by atoms with Crippen LogP contribution in [-0.4, -0.2) is 11.7 Å². The molecule has 0 aliphatic carbocycles. The molecule has 0 radical (unpaired) electrons. The van der Waals surface area contributed by atoms with Crippen LogP contribution in [0.15, 0.2) is 24.3 Å². The molecular formula is C13H16O. The van der Waals surface area contributed by atoms with E-state index in [-0.39, 0.29) is 6.61 Å². The molecule has 0 fully saturated rings. The smallest absolute Gasteiger partial charge is 0.0431 e. The number of unbranched alkanes of at least 4 members (excludes halogenated alkanes) is 2. The van der Waals surface area contributed by atoms with Gasteiger partial charge in [0.15, 0.2) is 0 Å². The molecule has 1 nitrogen and oxygen atoms in total. The Kier molecular flexibility index (Phi) is 4.82. The van der Waals surface area contributed by atoms with E-state index >= 15 is 0 Å². The number of aliphatic hydroxyl groups excluding tert-OH is 1. The predicted octanol–water partition coefficient (Wildman–Crippen LogP) is 2.51. The molecule has 1 heteroatoms. The lowest BCUT2D eigenvalue weighted by molar-refractivity contribution is 0.285. The summed E-state index contributed by atoms with van der Waals surface area (Å²) < 4.78 is 0. The van der Waals surface area contributed by atoms with E-state index in [1.54, 1.807) is 0 Å². The SMILES string of the molecule is Cc1ccc(C#CCCCCO)cc1. The topological polar surface area (TPSA) is 20.2 Å². The zero-order valence-electron chi connectivity index (χ0n) is 8.59. The number of aliphatic hydroxyl groups is 1. The van der Waals surface area contributed by atoms with Crippen LogP contribution in [-0.2, 0) is 0 Å². The molecule has 1 aromatic rings. The first kappa shape index (κ1) is 10.8. The molecule has 0 bridgehead atoms. The second-order valence-corrected chi connectivity index (χ2v) is 3.35. The Morgan fingerprint density at radius 2 is 1.86 bits per heavy atom. The van der Waals surface area contributed by atoms with Crippen LogP contribution in [0.2, 0.25) is 0 Å². The fourth-order valence-corrected chi connectivity index (χ4v) is 1.13. The summed E-state index contributed by atoms with van der Waals surface area (Å²) in [5, 5.41) is 8.56. The van der Waals surface area contributed by atoms with Crippen molar-refractivity contribution < 1.29 is 5.11 Å². The monoisotopic (exact) mass is 188 g/mol. The van der Waals surface area contributed by atoms with Crippen LogP contribution in [0.1, 0.15) is 30.4 Å². The maximum atomic E-state index is 8.56. The number of aryl methyl sites for hydroxylation is 1. The fourth-order valence-electron chi connectivity index (χ4n) is 1.13. The molecule has 0 amide bonds. The lowest BCUT2D eigenvalue weighted by Gasteiger charge is -1.92. The molecule has 0 saturated carbocycles. The minimum Gasteiger partial charge on any atom is -0.396 e. The van der Waals surface area contributed by atoms with E-state index < -0.39 is 0 Å². The molecule has 74 valence electrons. The number of hydrogen-bond donors (Lipinski definition) is 1. The molecule has 0 aliphatic heterocycles. The van der Waals surface area contributed by atoms with E-state index in [2.05, 4.69) is 30.9 Å². The van der Waals surface area contributed by atoms with Crippen molar-refractivity contribution in [1.82, 2.24) is 0 Å². The summed E-state index contributed by atoms with van der Waals surface area (Å²) in [5.74, 6) is 6.19. The molecule has 1 rings (SSSR count). The number of rotatable bonds is 3. The predicted molar refractivity (Wildman–Crippen MR) is 59.0 cm³/mol. The molecule has 0 unspecified atom stereocenters. The van der Waals surface area contributed by atoms with Gasteiger partial charge in [0.25, 0.3) is 0 Å². The van der Waals surface area contributed by atoms with Crippen LogP contribution >= 0.6 is 0 Å². The van der Waals surface area contributed by atoms with Crippen LogP contribution in [0.4, 0.5) is 0 Å². The minimum absolute atomic E-state index is 0.270. The largest absolute Gasteiger partial charge is 0.396 e.